The van der Waals surface area contributed by atoms with Crippen LogP contribution >= 0.6 is 63.7 Å². The van der Waals surface area contributed by atoms with E-state index in [1.165, 1.54) is 0 Å². The molecule has 7 aromatic rings. The van der Waals surface area contributed by atoms with Gasteiger partial charge in [-0.3, -0.25) is 0 Å². The molecule has 0 aliphatic carbocycles. The summed E-state index contributed by atoms with van der Waals surface area (Å²) in [5.74, 6) is 0. The molecule has 0 unspecified atom stereocenters. The quantitative estimate of drug-likeness (QED) is 0.165. The Labute approximate surface area is 352 Å². The summed E-state index contributed by atoms with van der Waals surface area (Å²) in [6.45, 7) is 0. The molecule has 53 heavy (non-hydrogen) atoms. The molecule has 0 fully saturated rings. The van der Waals surface area contributed by atoms with Crippen LogP contribution in [0.5, 0.6) is 0 Å². The largest absolute Gasteiger partial charge is 2.00 e. The third kappa shape index (κ3) is 7.06. The SMILES string of the molecule is Brc1ccc(-c2c3nc(c(-c4ccc(Br)cc4)c4ccc([n-]4)c(-c4ccc(Br)cc4)c4nc(c(-c5ccc(Br)cc5)c5ccc2[n-]5)C=C4)C=C3)cc1.[Zn+2]. The van der Waals surface area contributed by atoms with Crippen LogP contribution in [0.4, 0.5) is 0 Å². The van der Waals surface area contributed by atoms with Gasteiger partial charge in [-0.25, -0.2) is 9.97 Å². The van der Waals surface area contributed by atoms with Gasteiger partial charge in [0.25, 0.3) is 0 Å². The second-order valence-corrected chi connectivity index (χ2v) is 16.1. The van der Waals surface area contributed by atoms with Crippen LogP contribution in [-0.2, 0) is 19.5 Å². The van der Waals surface area contributed by atoms with Gasteiger partial charge in [0.2, 0.25) is 0 Å². The zero-order chi connectivity index (χ0) is 35.3. The van der Waals surface area contributed by atoms with E-state index in [9.17, 15) is 0 Å². The van der Waals surface area contributed by atoms with E-state index in [0.29, 0.717) is 0 Å². The van der Waals surface area contributed by atoms with E-state index in [1.807, 2.05) is 0 Å². The molecule has 8 bridgehead atoms. The van der Waals surface area contributed by atoms with Crippen molar-refractivity contribution in [3.63, 3.8) is 0 Å². The Balaban J connectivity index is 0.00000400. The first-order chi connectivity index (χ1) is 25.4. The minimum absolute atomic E-state index is 0. The van der Waals surface area contributed by atoms with Gasteiger partial charge < -0.3 is 9.97 Å². The Kier molecular flexibility index (Phi) is 10.2. The average molecular weight is 994 g/mol. The van der Waals surface area contributed by atoms with Gasteiger partial charge in [-0.1, -0.05) is 137 Å². The summed E-state index contributed by atoms with van der Waals surface area (Å²) >= 11 is 14.5. The van der Waals surface area contributed by atoms with E-state index in [-0.39, 0.29) is 19.5 Å². The predicted molar refractivity (Wildman–Crippen MR) is 229 cm³/mol. The Morgan fingerprint density at radius 3 is 0.717 bits per heavy atom. The molecule has 0 saturated carbocycles. The summed E-state index contributed by atoms with van der Waals surface area (Å²) in [6.07, 6.45) is 8.35. The number of halogens is 4. The van der Waals surface area contributed by atoms with E-state index in [1.54, 1.807) is 0 Å². The Bertz CT molecular complexity index is 2370. The number of nitrogens with zero attached hydrogens (tertiary/aromatic N) is 4. The Morgan fingerprint density at radius 2 is 0.509 bits per heavy atom. The van der Waals surface area contributed by atoms with E-state index >= 15 is 0 Å². The van der Waals surface area contributed by atoms with Gasteiger partial charge in [0.05, 0.1) is 22.8 Å². The van der Waals surface area contributed by atoms with Crippen molar-refractivity contribution in [1.29, 1.82) is 0 Å². The van der Waals surface area contributed by atoms with Crippen LogP contribution < -0.4 is 9.97 Å². The maximum absolute atomic E-state index is 5.34. The van der Waals surface area contributed by atoms with E-state index < -0.39 is 0 Å². The molecule has 0 radical (unpaired) electrons. The van der Waals surface area contributed by atoms with Crippen LogP contribution in [0.2, 0.25) is 0 Å². The molecule has 0 spiro atoms. The van der Waals surface area contributed by atoms with Gasteiger partial charge in [-0.05, 0) is 117 Å². The van der Waals surface area contributed by atoms with Crippen molar-refractivity contribution in [2.24, 2.45) is 0 Å². The smallest absolute Gasteiger partial charge is 0.657 e. The molecule has 3 aromatic heterocycles. The van der Waals surface area contributed by atoms with Crippen molar-refractivity contribution in [3.8, 4) is 44.5 Å². The van der Waals surface area contributed by atoms with Crippen molar-refractivity contribution >= 4 is 110 Å². The van der Waals surface area contributed by atoms with Crippen molar-refractivity contribution < 1.29 is 19.5 Å². The summed E-state index contributed by atoms with van der Waals surface area (Å²) in [5, 5.41) is 0. The molecule has 2 aliphatic rings. The summed E-state index contributed by atoms with van der Waals surface area (Å²) in [7, 11) is 0. The van der Waals surface area contributed by atoms with Gasteiger partial charge in [0, 0.05) is 17.9 Å². The molecular formula is C44H24Br4N4Zn. The molecule has 250 valence electrons. The first-order valence-electron chi connectivity index (χ1n) is 16.5. The van der Waals surface area contributed by atoms with Gasteiger partial charge in [-0.15, -0.1) is 22.1 Å². The minimum Gasteiger partial charge on any atom is -0.657 e. The maximum Gasteiger partial charge on any atom is 2.00 e. The molecule has 0 amide bonds. The minimum atomic E-state index is 0. The van der Waals surface area contributed by atoms with Crippen LogP contribution in [0.3, 0.4) is 0 Å². The fourth-order valence-corrected chi connectivity index (χ4v) is 7.79. The van der Waals surface area contributed by atoms with Crippen LogP contribution in [0.15, 0.2) is 139 Å². The standard InChI is InChI=1S/C44H24Br4N4.Zn/c45-29-9-1-25(2-10-29)41-33-17-19-35(49-33)42(26-3-11-30(46)12-4-26)37-21-23-39(51-37)44(28-7-15-32(48)16-8-28)40-24-22-38(52-40)43(36-20-18-34(41)50-36)27-5-13-31(47)14-6-27;/h1-24H;/q-2;+2. The summed E-state index contributed by atoms with van der Waals surface area (Å²) in [5.41, 5.74) is 14.5. The topological polar surface area (TPSA) is 54.0 Å². The van der Waals surface area contributed by atoms with E-state index in [4.69, 9.17) is 19.9 Å². The predicted octanol–water partition coefficient (Wildman–Crippen LogP) is 13.6. The van der Waals surface area contributed by atoms with Gasteiger partial charge in [0.1, 0.15) is 0 Å². The molecule has 0 N–H and O–H groups in total. The van der Waals surface area contributed by atoms with Crippen LogP contribution in [0.25, 0.3) is 90.9 Å². The fraction of sp³-hybridized carbons (Fsp3) is 0. The molecule has 5 heterocycles. The van der Waals surface area contributed by atoms with Crippen molar-refractivity contribution in [3.05, 3.63) is 162 Å². The monoisotopic (exact) mass is 988 g/mol. The summed E-state index contributed by atoms with van der Waals surface area (Å²) in [6, 6.07) is 41.6. The van der Waals surface area contributed by atoms with Gasteiger partial charge >= 0.3 is 19.5 Å². The van der Waals surface area contributed by atoms with E-state index in [0.717, 1.165) is 107 Å². The summed E-state index contributed by atoms with van der Waals surface area (Å²) in [4.78, 5) is 21.4. The third-order valence-corrected chi connectivity index (χ3v) is 11.3. The molecule has 0 atom stereocenters. The van der Waals surface area contributed by atoms with Crippen molar-refractivity contribution in [2.45, 2.75) is 0 Å². The first-order valence-corrected chi connectivity index (χ1v) is 19.6. The molecule has 9 heteroatoms. The Hall–Kier alpha value is -3.98. The third-order valence-electron chi connectivity index (χ3n) is 9.14. The second-order valence-electron chi connectivity index (χ2n) is 12.4. The molecule has 9 rings (SSSR count). The number of fused-ring (bicyclic) bond motifs is 8. The average Bonchev–Trinajstić information content (AvgIpc) is 3.99. The number of benzene rings is 4. The molecular weight excluding hydrogens is 970 g/mol. The van der Waals surface area contributed by atoms with Gasteiger partial charge in [0.15, 0.2) is 0 Å². The van der Waals surface area contributed by atoms with Crippen molar-refractivity contribution in [2.75, 3.05) is 0 Å². The number of rotatable bonds is 4. The maximum atomic E-state index is 5.34. The van der Waals surface area contributed by atoms with Crippen LogP contribution in [0, 0.1) is 0 Å². The van der Waals surface area contributed by atoms with E-state index in [2.05, 4.69) is 209 Å². The summed E-state index contributed by atoms with van der Waals surface area (Å²) < 4.78 is 4.02. The second kappa shape index (κ2) is 15.0. The number of hydrogen-bond acceptors (Lipinski definition) is 2. The van der Waals surface area contributed by atoms with Crippen LogP contribution in [0.1, 0.15) is 22.8 Å². The zero-order valence-corrected chi connectivity index (χ0v) is 37.2. The van der Waals surface area contributed by atoms with Crippen molar-refractivity contribution in [1.82, 2.24) is 19.9 Å². The number of aromatic nitrogens is 4. The van der Waals surface area contributed by atoms with Crippen LogP contribution in [-0.4, -0.2) is 9.97 Å². The zero-order valence-electron chi connectivity index (χ0n) is 27.9. The van der Waals surface area contributed by atoms with Gasteiger partial charge in [-0.2, -0.15) is 0 Å². The fourth-order valence-electron chi connectivity index (χ4n) is 6.74. The molecule has 4 nitrogen and oxygen atoms in total. The normalized spacial score (nSPS) is 11.8. The first kappa shape index (κ1) is 36.0. The molecule has 0 saturated heterocycles. The Morgan fingerprint density at radius 1 is 0.302 bits per heavy atom. The number of hydrogen-bond donors (Lipinski definition) is 0. The molecule has 2 aliphatic heterocycles. The molecule has 4 aromatic carbocycles.